The van der Waals surface area contributed by atoms with Crippen LogP contribution >= 0.6 is 0 Å². The Morgan fingerprint density at radius 2 is 2.15 bits per heavy atom. The smallest absolute Gasteiger partial charge is 0.308 e. The molecule has 4 nitrogen and oxygen atoms in total. The zero-order valence-corrected chi connectivity index (χ0v) is 8.70. The van der Waals surface area contributed by atoms with Gasteiger partial charge in [-0.25, -0.2) is 0 Å². The van der Waals surface area contributed by atoms with Gasteiger partial charge >= 0.3 is 5.97 Å². The van der Waals surface area contributed by atoms with Crippen LogP contribution < -0.4 is 5.73 Å². The summed E-state index contributed by atoms with van der Waals surface area (Å²) in [5.74, 6) is -0.292. The highest BCUT2D eigenvalue weighted by Gasteiger charge is 2.17. The van der Waals surface area contributed by atoms with Crippen LogP contribution in [0.25, 0.3) is 0 Å². The molecule has 0 radical (unpaired) electrons. The van der Waals surface area contributed by atoms with Crippen LogP contribution in [0.1, 0.15) is 27.2 Å². The zero-order chi connectivity index (χ0) is 10.5. The van der Waals surface area contributed by atoms with Gasteiger partial charge in [-0.1, -0.05) is 0 Å². The van der Waals surface area contributed by atoms with Gasteiger partial charge in [0.15, 0.2) is 0 Å². The van der Waals surface area contributed by atoms with Crippen molar-refractivity contribution in [3.05, 3.63) is 0 Å². The van der Waals surface area contributed by atoms with Crippen molar-refractivity contribution in [2.75, 3.05) is 7.05 Å². The second-order valence-electron chi connectivity index (χ2n) is 3.86. The maximum absolute atomic E-state index is 11.2. The molecule has 0 saturated carbocycles. The number of hydrogen-bond donors (Lipinski definition) is 1. The molecule has 0 aromatic rings. The number of nitrogens with zero attached hydrogens (tertiary/aromatic N) is 1. The van der Waals surface area contributed by atoms with E-state index < -0.39 is 5.60 Å². The summed E-state index contributed by atoms with van der Waals surface area (Å²) in [5, 5.41) is 0. The van der Waals surface area contributed by atoms with E-state index >= 15 is 0 Å². The van der Waals surface area contributed by atoms with E-state index in [4.69, 9.17) is 10.5 Å². The van der Waals surface area contributed by atoms with Gasteiger partial charge < -0.3 is 10.5 Å². The third-order valence-electron chi connectivity index (χ3n) is 1.16. The van der Waals surface area contributed by atoms with E-state index in [1.54, 1.807) is 7.05 Å². The Balaban J connectivity index is 3.88. The van der Waals surface area contributed by atoms with Crippen molar-refractivity contribution < 1.29 is 9.53 Å². The Bertz CT molecular complexity index is 194. The van der Waals surface area contributed by atoms with Gasteiger partial charge in [-0.15, -0.1) is 0 Å². The number of carbonyl (C=O) groups excluding carboxylic acids is 1. The Labute approximate surface area is 79.2 Å². The first kappa shape index (κ1) is 12.1. The van der Waals surface area contributed by atoms with Gasteiger partial charge in [0.2, 0.25) is 0 Å². The molecule has 0 fully saturated rings. The minimum absolute atomic E-state index is 0.175. The molecule has 13 heavy (non-hydrogen) atoms. The molecule has 4 heteroatoms. The van der Waals surface area contributed by atoms with Gasteiger partial charge in [0.05, 0.1) is 12.5 Å². The first-order valence-corrected chi connectivity index (χ1v) is 4.25. The normalized spacial score (nSPS) is 14.5. The minimum Gasteiger partial charge on any atom is -0.460 e. The van der Waals surface area contributed by atoms with Crippen molar-refractivity contribution in [2.24, 2.45) is 10.7 Å². The fourth-order valence-corrected chi connectivity index (χ4v) is 0.820. The van der Waals surface area contributed by atoms with Crippen LogP contribution in [-0.2, 0) is 9.53 Å². The van der Waals surface area contributed by atoms with Crippen LogP contribution in [0.2, 0.25) is 0 Å². The first-order chi connectivity index (χ1) is 5.85. The van der Waals surface area contributed by atoms with Gasteiger partial charge in [0, 0.05) is 13.3 Å². The summed E-state index contributed by atoms with van der Waals surface area (Å²) >= 11 is 0. The third kappa shape index (κ3) is 7.46. The molecule has 0 aliphatic rings. The number of nitrogens with two attached hydrogens (primary N) is 1. The summed E-state index contributed by atoms with van der Waals surface area (Å²) in [6.45, 7) is 5.47. The number of aliphatic imine (C=N–C) groups is 1. The van der Waals surface area contributed by atoms with Crippen LogP contribution in [0.5, 0.6) is 0 Å². The van der Waals surface area contributed by atoms with E-state index in [9.17, 15) is 4.79 Å². The molecule has 2 N–H and O–H groups in total. The lowest BCUT2D eigenvalue weighted by molar-refractivity contribution is -0.154. The maximum Gasteiger partial charge on any atom is 0.308 e. The fraction of sp³-hybridized carbons (Fsp3) is 0.778. The molecule has 0 aliphatic carbocycles. The zero-order valence-electron chi connectivity index (χ0n) is 8.70. The van der Waals surface area contributed by atoms with Crippen LogP contribution in [0, 0.1) is 0 Å². The highest BCUT2D eigenvalue weighted by atomic mass is 16.6. The molecule has 0 aliphatic heterocycles. The number of carbonyl (C=O) groups is 1. The van der Waals surface area contributed by atoms with Crippen molar-refractivity contribution in [1.29, 1.82) is 0 Å². The van der Waals surface area contributed by atoms with Gasteiger partial charge in [0.1, 0.15) is 5.60 Å². The van der Waals surface area contributed by atoms with Crippen molar-refractivity contribution >= 4 is 12.2 Å². The van der Waals surface area contributed by atoms with Crippen LogP contribution in [0.15, 0.2) is 4.99 Å². The fourth-order valence-electron chi connectivity index (χ4n) is 0.820. The molecule has 0 amide bonds. The SMILES string of the molecule is CN=CC(N)CC(=O)OC(C)(C)C. The molecule has 0 rings (SSSR count). The summed E-state index contributed by atoms with van der Waals surface area (Å²) in [5.41, 5.74) is 5.11. The monoisotopic (exact) mass is 186 g/mol. The summed E-state index contributed by atoms with van der Waals surface area (Å²) in [6.07, 6.45) is 1.71. The number of rotatable bonds is 3. The number of hydrogen-bond acceptors (Lipinski definition) is 4. The molecule has 0 saturated heterocycles. The summed E-state index contributed by atoms with van der Waals surface area (Å²) in [4.78, 5) is 14.9. The van der Waals surface area contributed by atoms with Crippen molar-refractivity contribution in [3.8, 4) is 0 Å². The summed E-state index contributed by atoms with van der Waals surface area (Å²) in [7, 11) is 1.62. The number of esters is 1. The van der Waals surface area contributed by atoms with Gasteiger partial charge in [0.25, 0.3) is 0 Å². The summed E-state index contributed by atoms with van der Waals surface area (Å²) in [6, 6.07) is -0.347. The van der Waals surface area contributed by atoms with E-state index in [-0.39, 0.29) is 18.4 Å². The first-order valence-electron chi connectivity index (χ1n) is 4.25. The molecular formula is C9H18N2O2. The van der Waals surface area contributed by atoms with Crippen LogP contribution in [0.3, 0.4) is 0 Å². The average Bonchev–Trinajstić information content (AvgIpc) is 1.81. The van der Waals surface area contributed by atoms with Gasteiger partial charge in [-0.2, -0.15) is 0 Å². The molecule has 0 spiro atoms. The van der Waals surface area contributed by atoms with Gasteiger partial charge in [-0.3, -0.25) is 9.79 Å². The average molecular weight is 186 g/mol. The number of ether oxygens (including phenoxy) is 1. The van der Waals surface area contributed by atoms with Crippen molar-refractivity contribution in [3.63, 3.8) is 0 Å². The van der Waals surface area contributed by atoms with Crippen molar-refractivity contribution in [2.45, 2.75) is 38.8 Å². The topological polar surface area (TPSA) is 64.7 Å². The van der Waals surface area contributed by atoms with E-state index in [2.05, 4.69) is 4.99 Å². The minimum atomic E-state index is -0.444. The van der Waals surface area contributed by atoms with Crippen molar-refractivity contribution in [1.82, 2.24) is 0 Å². The highest BCUT2D eigenvalue weighted by Crippen LogP contribution is 2.08. The second-order valence-corrected chi connectivity index (χ2v) is 3.86. The summed E-state index contributed by atoms with van der Waals surface area (Å²) < 4.78 is 5.07. The molecular weight excluding hydrogens is 168 g/mol. The van der Waals surface area contributed by atoms with E-state index in [1.165, 1.54) is 6.21 Å². The van der Waals surface area contributed by atoms with Gasteiger partial charge in [-0.05, 0) is 20.8 Å². The lowest BCUT2D eigenvalue weighted by Gasteiger charge is -2.20. The van der Waals surface area contributed by atoms with Crippen LogP contribution in [-0.4, -0.2) is 30.9 Å². The molecule has 0 bridgehead atoms. The Morgan fingerprint density at radius 1 is 1.62 bits per heavy atom. The quantitative estimate of drug-likeness (QED) is 0.522. The van der Waals surface area contributed by atoms with E-state index in [0.717, 1.165) is 0 Å². The lowest BCUT2D eigenvalue weighted by Crippen LogP contribution is -2.30. The lowest BCUT2D eigenvalue weighted by atomic mass is 10.2. The Morgan fingerprint density at radius 3 is 2.54 bits per heavy atom. The molecule has 76 valence electrons. The molecule has 0 aromatic carbocycles. The predicted octanol–water partition coefficient (Wildman–Crippen LogP) is 0.746. The predicted molar refractivity (Wildman–Crippen MR) is 52.9 cm³/mol. The molecule has 0 aromatic heterocycles. The Kier molecular flexibility index (Phi) is 4.62. The molecule has 1 unspecified atom stereocenters. The molecule has 1 atom stereocenters. The Hall–Kier alpha value is -0.900. The van der Waals surface area contributed by atoms with Crippen LogP contribution in [0.4, 0.5) is 0 Å². The standard InChI is InChI=1S/C9H18N2O2/c1-9(2,3)13-8(12)5-7(10)6-11-4/h6-7H,5,10H2,1-4H3. The highest BCUT2D eigenvalue weighted by molar-refractivity contribution is 5.77. The largest absolute Gasteiger partial charge is 0.460 e. The third-order valence-corrected chi connectivity index (χ3v) is 1.16. The second kappa shape index (κ2) is 4.97. The van der Waals surface area contributed by atoms with E-state index in [0.29, 0.717) is 0 Å². The maximum atomic E-state index is 11.2. The van der Waals surface area contributed by atoms with E-state index in [1.807, 2.05) is 20.8 Å². The molecule has 0 heterocycles.